The van der Waals surface area contributed by atoms with E-state index in [1.807, 2.05) is 30.3 Å². The number of hydrogen-bond acceptors (Lipinski definition) is 10. The molecule has 4 aromatic carbocycles. The molecule has 0 unspecified atom stereocenters. The minimum absolute atomic E-state index is 0.0931. The van der Waals surface area contributed by atoms with Gasteiger partial charge in [0.15, 0.2) is 23.0 Å². The molecule has 10 nitrogen and oxygen atoms in total. The molecule has 0 saturated heterocycles. The molecule has 0 amide bonds. The average Bonchev–Trinajstić information content (AvgIpc) is 2.86. The number of phenolic OH excluding ortho intramolecular Hbond substituents is 6. The molecule has 0 heterocycles. The second kappa shape index (κ2) is 9.17. The van der Waals surface area contributed by atoms with Crippen molar-refractivity contribution in [3.63, 3.8) is 0 Å². The van der Waals surface area contributed by atoms with Gasteiger partial charge in [0, 0.05) is 5.56 Å². The molecule has 0 radical (unpaired) electrons. The standard InChI is InChI=1S/C24H18N4O6/c29-18-11-9-16(21(31)23(18)33)26-25-15-8-4-7-14(13-5-2-1-3-6-13)20(15)28-27-17-10-12-19(30)24(34)22(17)32/h1-12,29-34H. The third kappa shape index (κ3) is 4.28. The van der Waals surface area contributed by atoms with E-state index in [4.69, 9.17) is 0 Å². The van der Waals surface area contributed by atoms with Gasteiger partial charge in [0.05, 0.1) is 0 Å². The van der Waals surface area contributed by atoms with Crippen LogP contribution in [0.2, 0.25) is 0 Å². The Bertz CT molecular complexity index is 1420. The van der Waals surface area contributed by atoms with Crippen LogP contribution in [-0.2, 0) is 0 Å². The first-order valence-corrected chi connectivity index (χ1v) is 9.86. The Morgan fingerprint density at radius 2 is 0.941 bits per heavy atom. The first-order chi connectivity index (χ1) is 16.4. The zero-order chi connectivity index (χ0) is 24.2. The molecule has 0 aromatic heterocycles. The molecule has 6 N–H and O–H groups in total. The molecule has 0 aliphatic heterocycles. The first-order valence-electron chi connectivity index (χ1n) is 9.86. The van der Waals surface area contributed by atoms with Crippen LogP contribution in [0, 0.1) is 0 Å². The quantitative estimate of drug-likeness (QED) is 0.149. The highest BCUT2D eigenvalue weighted by Gasteiger charge is 2.14. The van der Waals surface area contributed by atoms with Gasteiger partial charge in [-0.15, -0.1) is 20.5 Å². The summed E-state index contributed by atoms with van der Waals surface area (Å²) in [5.41, 5.74) is 1.72. The minimum Gasteiger partial charge on any atom is -0.504 e. The van der Waals surface area contributed by atoms with E-state index in [1.165, 1.54) is 12.1 Å². The van der Waals surface area contributed by atoms with Gasteiger partial charge in [0.25, 0.3) is 0 Å². The Labute approximate surface area is 192 Å². The summed E-state index contributed by atoms with van der Waals surface area (Å²) in [6.07, 6.45) is 0. The number of azo groups is 2. The van der Waals surface area contributed by atoms with Crippen molar-refractivity contribution in [3.05, 3.63) is 72.8 Å². The monoisotopic (exact) mass is 458 g/mol. The van der Waals surface area contributed by atoms with Gasteiger partial charge < -0.3 is 30.6 Å². The van der Waals surface area contributed by atoms with Crippen LogP contribution in [0.1, 0.15) is 0 Å². The molecule has 0 atom stereocenters. The maximum Gasteiger partial charge on any atom is 0.202 e. The predicted octanol–water partition coefficient (Wildman–Crippen LogP) is 6.42. The first kappa shape index (κ1) is 22.1. The Morgan fingerprint density at radius 3 is 1.53 bits per heavy atom. The number of aromatic hydroxyl groups is 6. The van der Waals surface area contributed by atoms with Crippen molar-refractivity contribution in [2.75, 3.05) is 0 Å². The fraction of sp³-hybridized carbons (Fsp3) is 0. The maximum absolute atomic E-state index is 10.1. The lowest BCUT2D eigenvalue weighted by atomic mass is 10.0. The third-order valence-corrected chi connectivity index (χ3v) is 4.84. The van der Waals surface area contributed by atoms with Crippen LogP contribution in [-0.4, -0.2) is 30.6 Å². The molecule has 0 aliphatic rings. The topological polar surface area (TPSA) is 171 Å². The van der Waals surface area contributed by atoms with Crippen LogP contribution < -0.4 is 0 Å². The molecule has 10 heteroatoms. The predicted molar refractivity (Wildman–Crippen MR) is 123 cm³/mol. The van der Waals surface area contributed by atoms with Gasteiger partial charge >= 0.3 is 0 Å². The second-order valence-corrected chi connectivity index (χ2v) is 7.04. The van der Waals surface area contributed by atoms with Crippen LogP contribution in [0.5, 0.6) is 34.5 Å². The molecule has 0 bridgehead atoms. The fourth-order valence-electron chi connectivity index (χ4n) is 3.06. The van der Waals surface area contributed by atoms with Crippen LogP contribution in [0.3, 0.4) is 0 Å². The van der Waals surface area contributed by atoms with Crippen molar-refractivity contribution in [3.8, 4) is 45.6 Å². The van der Waals surface area contributed by atoms with Gasteiger partial charge in [0.2, 0.25) is 11.5 Å². The summed E-state index contributed by atoms with van der Waals surface area (Å²) in [6.45, 7) is 0. The fourth-order valence-corrected chi connectivity index (χ4v) is 3.06. The summed E-state index contributed by atoms with van der Waals surface area (Å²) in [7, 11) is 0. The van der Waals surface area contributed by atoms with Crippen molar-refractivity contribution in [1.82, 2.24) is 0 Å². The zero-order valence-corrected chi connectivity index (χ0v) is 17.4. The molecule has 4 rings (SSSR count). The lowest BCUT2D eigenvalue weighted by Gasteiger charge is -2.08. The number of hydrogen-bond donors (Lipinski definition) is 6. The van der Waals surface area contributed by atoms with E-state index in [-0.39, 0.29) is 22.7 Å². The highest BCUT2D eigenvalue weighted by Crippen LogP contribution is 2.46. The summed E-state index contributed by atoms with van der Waals surface area (Å²) in [5.74, 6) is -3.75. The Kier molecular flexibility index (Phi) is 5.95. The summed E-state index contributed by atoms with van der Waals surface area (Å²) < 4.78 is 0. The summed E-state index contributed by atoms with van der Waals surface area (Å²) in [6, 6.07) is 19.2. The van der Waals surface area contributed by atoms with Crippen LogP contribution in [0.25, 0.3) is 11.1 Å². The van der Waals surface area contributed by atoms with Crippen molar-refractivity contribution in [2.24, 2.45) is 20.5 Å². The number of phenols is 6. The molecule has 0 aliphatic carbocycles. The van der Waals surface area contributed by atoms with Crippen molar-refractivity contribution < 1.29 is 30.6 Å². The molecule has 0 spiro atoms. The molecule has 4 aromatic rings. The van der Waals surface area contributed by atoms with E-state index >= 15 is 0 Å². The Morgan fingerprint density at radius 1 is 0.412 bits per heavy atom. The molecular formula is C24H18N4O6. The van der Waals surface area contributed by atoms with Gasteiger partial charge in [-0.1, -0.05) is 42.5 Å². The summed E-state index contributed by atoms with van der Waals surface area (Å²) in [5, 5.41) is 74.9. The van der Waals surface area contributed by atoms with Gasteiger partial charge in [-0.3, -0.25) is 0 Å². The van der Waals surface area contributed by atoms with E-state index in [9.17, 15) is 30.6 Å². The molecular weight excluding hydrogens is 440 g/mol. The van der Waals surface area contributed by atoms with Crippen molar-refractivity contribution in [2.45, 2.75) is 0 Å². The van der Waals surface area contributed by atoms with E-state index in [0.29, 0.717) is 5.56 Å². The van der Waals surface area contributed by atoms with E-state index in [0.717, 1.165) is 17.7 Å². The molecule has 0 fully saturated rings. The number of benzene rings is 4. The molecule has 34 heavy (non-hydrogen) atoms. The minimum atomic E-state index is -0.727. The smallest absolute Gasteiger partial charge is 0.202 e. The number of rotatable bonds is 5. The number of nitrogens with zero attached hydrogens (tertiary/aromatic N) is 4. The highest BCUT2D eigenvalue weighted by molar-refractivity contribution is 5.83. The summed E-state index contributed by atoms with van der Waals surface area (Å²) >= 11 is 0. The van der Waals surface area contributed by atoms with Gasteiger partial charge in [-0.25, -0.2) is 0 Å². The average molecular weight is 458 g/mol. The van der Waals surface area contributed by atoms with Crippen molar-refractivity contribution >= 4 is 22.7 Å². The molecule has 0 saturated carbocycles. The van der Waals surface area contributed by atoms with Crippen LogP contribution in [0.15, 0.2) is 93.3 Å². The van der Waals surface area contributed by atoms with Gasteiger partial charge in [-0.2, -0.15) is 0 Å². The van der Waals surface area contributed by atoms with E-state index in [2.05, 4.69) is 20.5 Å². The lowest BCUT2D eigenvalue weighted by Crippen LogP contribution is -1.80. The lowest BCUT2D eigenvalue weighted by molar-refractivity contribution is 0.368. The van der Waals surface area contributed by atoms with E-state index in [1.54, 1.807) is 18.2 Å². The van der Waals surface area contributed by atoms with Crippen LogP contribution in [0.4, 0.5) is 22.7 Å². The van der Waals surface area contributed by atoms with Gasteiger partial charge in [-0.05, 0) is 35.9 Å². The SMILES string of the molecule is Oc1ccc(N=Nc2cccc(-c3ccccc3)c2N=Nc2ccc(O)c(O)c2O)c(O)c1O. The molecule has 170 valence electrons. The highest BCUT2D eigenvalue weighted by atomic mass is 16.3. The van der Waals surface area contributed by atoms with E-state index < -0.39 is 34.5 Å². The zero-order valence-electron chi connectivity index (χ0n) is 17.4. The second-order valence-electron chi connectivity index (χ2n) is 7.04. The Balaban J connectivity index is 1.83. The maximum atomic E-state index is 10.1. The van der Waals surface area contributed by atoms with Gasteiger partial charge in [0.1, 0.15) is 22.7 Å². The van der Waals surface area contributed by atoms with Crippen LogP contribution >= 0.6 is 0 Å². The normalized spacial score (nSPS) is 11.4. The third-order valence-electron chi connectivity index (χ3n) is 4.84. The largest absolute Gasteiger partial charge is 0.504 e. The van der Waals surface area contributed by atoms with Crippen molar-refractivity contribution in [1.29, 1.82) is 0 Å². The Hall–Kier alpha value is -5.12. The summed E-state index contributed by atoms with van der Waals surface area (Å²) in [4.78, 5) is 0.